The third-order valence-corrected chi connectivity index (χ3v) is 5.80. The van der Waals surface area contributed by atoms with Crippen molar-refractivity contribution >= 4 is 23.4 Å². The second kappa shape index (κ2) is 11.0. The van der Waals surface area contributed by atoms with Crippen LogP contribution in [0, 0.1) is 23.0 Å². The van der Waals surface area contributed by atoms with Gasteiger partial charge >= 0.3 is 0 Å². The topological polar surface area (TPSA) is 112 Å². The van der Waals surface area contributed by atoms with E-state index >= 15 is 0 Å². The summed E-state index contributed by atoms with van der Waals surface area (Å²) in [6, 6.07) is 16.7. The highest BCUT2D eigenvalue weighted by Gasteiger charge is 2.44. The number of rotatable bonds is 9. The van der Waals surface area contributed by atoms with Gasteiger partial charge in [0.25, 0.3) is 17.7 Å². The van der Waals surface area contributed by atoms with Crippen molar-refractivity contribution in [3.63, 3.8) is 0 Å². The zero-order valence-corrected chi connectivity index (χ0v) is 19.8. The smallest absolute Gasteiger partial charge is 0.271 e. The maximum absolute atomic E-state index is 14.2. The van der Waals surface area contributed by atoms with Crippen molar-refractivity contribution in [2.45, 2.75) is 26.2 Å². The summed E-state index contributed by atoms with van der Waals surface area (Å²) in [6.07, 6.45) is -1.62. The van der Waals surface area contributed by atoms with Crippen molar-refractivity contribution in [1.82, 2.24) is 10.2 Å². The van der Waals surface area contributed by atoms with Crippen LogP contribution >= 0.6 is 0 Å². The van der Waals surface area contributed by atoms with Gasteiger partial charge in [-0.25, -0.2) is 13.7 Å². The number of carbonyl (C=O) groups is 3. The van der Waals surface area contributed by atoms with Crippen molar-refractivity contribution in [2.24, 2.45) is 0 Å². The van der Waals surface area contributed by atoms with E-state index in [2.05, 4.69) is 10.6 Å². The molecule has 3 aromatic rings. The van der Waals surface area contributed by atoms with Gasteiger partial charge in [0.2, 0.25) is 6.23 Å². The lowest BCUT2D eigenvalue weighted by Crippen LogP contribution is -2.51. The first-order valence-corrected chi connectivity index (χ1v) is 11.4. The van der Waals surface area contributed by atoms with E-state index in [1.807, 2.05) is 6.07 Å². The highest BCUT2D eigenvalue weighted by atomic mass is 19.1. The van der Waals surface area contributed by atoms with Crippen molar-refractivity contribution in [3.8, 4) is 6.07 Å². The van der Waals surface area contributed by atoms with Gasteiger partial charge in [0.05, 0.1) is 22.8 Å². The number of hydrogen-bond acceptors (Lipinski definition) is 6. The molecule has 37 heavy (non-hydrogen) atoms. The molecule has 3 amide bonds. The van der Waals surface area contributed by atoms with Crippen molar-refractivity contribution in [1.29, 1.82) is 5.26 Å². The van der Waals surface area contributed by atoms with Gasteiger partial charge in [-0.2, -0.15) is 5.26 Å². The molecular formula is C27H22F2N4O4. The number of halogens is 2. The number of nitriles is 1. The Morgan fingerprint density at radius 3 is 2.46 bits per heavy atom. The summed E-state index contributed by atoms with van der Waals surface area (Å²) in [6.45, 7) is 1.65. The molecule has 0 aliphatic carbocycles. The highest BCUT2D eigenvalue weighted by molar-refractivity contribution is 6.22. The molecule has 4 rings (SSSR count). The first kappa shape index (κ1) is 25.5. The summed E-state index contributed by atoms with van der Waals surface area (Å²) >= 11 is 0. The van der Waals surface area contributed by atoms with Crippen molar-refractivity contribution in [2.75, 3.05) is 11.9 Å². The summed E-state index contributed by atoms with van der Waals surface area (Å²) in [5, 5.41) is 15.0. The predicted octanol–water partition coefficient (Wildman–Crippen LogP) is 3.72. The second-order valence-electron chi connectivity index (χ2n) is 8.10. The molecule has 1 heterocycles. The fourth-order valence-corrected chi connectivity index (χ4v) is 3.97. The number of ether oxygens (including phenoxy) is 1. The maximum atomic E-state index is 14.2. The van der Waals surface area contributed by atoms with Gasteiger partial charge < -0.3 is 15.4 Å². The Hall–Kier alpha value is -4.62. The fourth-order valence-electron chi connectivity index (χ4n) is 3.97. The molecule has 0 radical (unpaired) electrons. The minimum absolute atomic E-state index is 0.000283. The third kappa shape index (κ3) is 5.17. The number of nitrogens with one attached hydrogen (secondary N) is 2. The molecule has 8 nitrogen and oxygen atoms in total. The number of amides is 3. The van der Waals surface area contributed by atoms with E-state index in [-0.39, 0.29) is 25.3 Å². The Kier molecular flexibility index (Phi) is 7.55. The Balaban J connectivity index is 1.52. The highest BCUT2D eigenvalue weighted by Crippen LogP contribution is 2.27. The van der Waals surface area contributed by atoms with Crippen LogP contribution in [-0.4, -0.2) is 35.5 Å². The van der Waals surface area contributed by atoms with E-state index < -0.39 is 41.1 Å². The molecule has 1 unspecified atom stereocenters. The quantitative estimate of drug-likeness (QED) is 0.430. The number of carbonyl (C=O) groups excluding carboxylic acids is 3. The van der Waals surface area contributed by atoms with Crippen LogP contribution in [0.3, 0.4) is 0 Å². The van der Waals surface area contributed by atoms with Gasteiger partial charge in [0.1, 0.15) is 11.6 Å². The van der Waals surface area contributed by atoms with Gasteiger partial charge in [-0.05, 0) is 42.8 Å². The van der Waals surface area contributed by atoms with Gasteiger partial charge in [0.15, 0.2) is 0 Å². The average molecular weight is 504 g/mol. The van der Waals surface area contributed by atoms with E-state index in [0.29, 0.717) is 27.3 Å². The van der Waals surface area contributed by atoms with Crippen LogP contribution in [0.15, 0.2) is 60.7 Å². The van der Waals surface area contributed by atoms with Gasteiger partial charge in [-0.1, -0.05) is 30.3 Å². The number of anilines is 1. The molecule has 1 aliphatic rings. The van der Waals surface area contributed by atoms with Crippen LogP contribution in [0.1, 0.15) is 44.3 Å². The van der Waals surface area contributed by atoms with Gasteiger partial charge in [-0.15, -0.1) is 0 Å². The van der Waals surface area contributed by atoms with Crippen LogP contribution in [-0.2, 0) is 22.6 Å². The standard InChI is InChI=1S/C27H22F2N4O4/c1-2-37-27(33-25(35)19-7-5-9-21(29)23(19)26(33)36)24(34)32-15-18-11-10-16(13-30)12-22(18)31-14-17-6-3-4-8-20(17)28/h3-12,27,31H,2,14-15H2,1H3,(H,32,34). The molecule has 0 spiro atoms. The molecule has 3 aromatic carbocycles. The third-order valence-electron chi connectivity index (χ3n) is 5.80. The Bertz CT molecular complexity index is 1420. The normalized spacial score (nSPS) is 13.2. The Morgan fingerprint density at radius 1 is 1.00 bits per heavy atom. The number of benzene rings is 3. The predicted molar refractivity (Wildman–Crippen MR) is 129 cm³/mol. The summed E-state index contributed by atoms with van der Waals surface area (Å²) < 4.78 is 33.7. The minimum atomic E-state index is -1.62. The molecule has 0 fully saturated rings. The summed E-state index contributed by atoms with van der Waals surface area (Å²) in [7, 11) is 0. The largest absolute Gasteiger partial charge is 0.381 e. The zero-order valence-electron chi connectivity index (χ0n) is 19.8. The monoisotopic (exact) mass is 504 g/mol. The van der Waals surface area contributed by atoms with Crippen LogP contribution in [0.4, 0.5) is 14.5 Å². The molecular weight excluding hydrogens is 482 g/mol. The lowest BCUT2D eigenvalue weighted by molar-refractivity contribution is -0.140. The number of fused-ring (bicyclic) bond motifs is 1. The molecule has 10 heteroatoms. The van der Waals surface area contributed by atoms with E-state index in [1.54, 1.807) is 43.3 Å². The first-order chi connectivity index (χ1) is 17.8. The van der Waals surface area contributed by atoms with Crippen molar-refractivity contribution < 1.29 is 27.9 Å². The SMILES string of the molecule is CCOC(C(=O)NCc1ccc(C#N)cc1NCc1ccccc1F)N1C(=O)c2cccc(F)c2C1=O. The minimum Gasteiger partial charge on any atom is -0.381 e. The van der Waals surface area contributed by atoms with E-state index in [1.165, 1.54) is 18.2 Å². The van der Waals surface area contributed by atoms with E-state index in [0.717, 1.165) is 6.07 Å². The first-order valence-electron chi connectivity index (χ1n) is 11.4. The maximum Gasteiger partial charge on any atom is 0.271 e. The summed E-state index contributed by atoms with van der Waals surface area (Å²) in [4.78, 5) is 39.3. The molecule has 188 valence electrons. The number of nitrogens with zero attached hydrogens (tertiary/aromatic N) is 2. The van der Waals surface area contributed by atoms with Crippen LogP contribution in [0.2, 0.25) is 0 Å². The molecule has 1 aliphatic heterocycles. The molecule has 0 saturated carbocycles. The van der Waals surface area contributed by atoms with E-state index in [9.17, 15) is 28.4 Å². The number of hydrogen-bond donors (Lipinski definition) is 2. The molecule has 2 N–H and O–H groups in total. The molecule has 1 atom stereocenters. The van der Waals surface area contributed by atoms with Gasteiger partial charge in [-0.3, -0.25) is 14.4 Å². The lowest BCUT2D eigenvalue weighted by atomic mass is 10.1. The Labute approximate surface area is 211 Å². The summed E-state index contributed by atoms with van der Waals surface area (Å²) in [5.41, 5.74) is 1.26. The molecule has 0 bridgehead atoms. The molecule has 0 saturated heterocycles. The lowest BCUT2D eigenvalue weighted by Gasteiger charge is -2.25. The van der Waals surface area contributed by atoms with Crippen LogP contribution < -0.4 is 10.6 Å². The Morgan fingerprint density at radius 2 is 1.76 bits per heavy atom. The van der Waals surface area contributed by atoms with Crippen LogP contribution in [0.25, 0.3) is 0 Å². The van der Waals surface area contributed by atoms with Gasteiger partial charge in [0, 0.05) is 30.9 Å². The summed E-state index contributed by atoms with van der Waals surface area (Å²) in [5.74, 6) is -3.84. The average Bonchev–Trinajstić information content (AvgIpc) is 3.16. The second-order valence-corrected chi connectivity index (χ2v) is 8.10. The number of imide groups is 1. The fraction of sp³-hybridized carbons (Fsp3) is 0.185. The molecule has 0 aromatic heterocycles. The van der Waals surface area contributed by atoms with E-state index in [4.69, 9.17) is 4.74 Å². The van der Waals surface area contributed by atoms with Crippen molar-refractivity contribution in [3.05, 3.63) is 100 Å². The van der Waals surface area contributed by atoms with Crippen LogP contribution in [0.5, 0.6) is 0 Å². The zero-order chi connectivity index (χ0) is 26.5.